The molecule has 1 heterocycles. The summed E-state index contributed by atoms with van der Waals surface area (Å²) in [4.78, 5) is 25.8. The molecule has 3 rings (SSSR count). The molecule has 148 valence electrons. The van der Waals surface area contributed by atoms with Gasteiger partial charge in [-0.25, -0.2) is 4.79 Å². The summed E-state index contributed by atoms with van der Waals surface area (Å²) in [6.45, 7) is 4.95. The Labute approximate surface area is 164 Å². The number of carbonyl (C=O) groups excluding carboxylic acids is 2. The molecule has 1 fully saturated rings. The Balaban J connectivity index is 1.53. The van der Waals surface area contributed by atoms with E-state index in [9.17, 15) is 9.59 Å². The first-order valence-electron chi connectivity index (χ1n) is 9.13. The van der Waals surface area contributed by atoms with Gasteiger partial charge >= 0.3 is 6.03 Å². The lowest BCUT2D eigenvalue weighted by Crippen LogP contribution is -2.57. The standard InChI is InChI=1S/C21H25N3O4/c1-14-5-4-6-17(9-14)28-18-11-24(12-18)21(26)23-19-10-16(8-7-15(19)2)22-20(25)13-27-3/h4-10,18H,11-13H2,1-3H3,(H,22,25)(H,23,26). The van der Waals surface area contributed by atoms with Crippen LogP contribution in [0.3, 0.4) is 0 Å². The van der Waals surface area contributed by atoms with E-state index in [1.165, 1.54) is 7.11 Å². The van der Waals surface area contributed by atoms with Crippen molar-refractivity contribution in [2.75, 3.05) is 37.4 Å². The average Bonchev–Trinajstić information content (AvgIpc) is 2.61. The number of methoxy groups -OCH3 is 1. The second kappa shape index (κ2) is 8.75. The van der Waals surface area contributed by atoms with Crippen LogP contribution in [0, 0.1) is 13.8 Å². The van der Waals surface area contributed by atoms with Gasteiger partial charge in [-0.2, -0.15) is 0 Å². The number of anilines is 2. The van der Waals surface area contributed by atoms with E-state index < -0.39 is 0 Å². The number of nitrogens with zero attached hydrogens (tertiary/aromatic N) is 1. The number of hydrogen-bond acceptors (Lipinski definition) is 4. The van der Waals surface area contributed by atoms with Crippen LogP contribution in [0.15, 0.2) is 42.5 Å². The van der Waals surface area contributed by atoms with Gasteiger partial charge in [-0.15, -0.1) is 0 Å². The summed E-state index contributed by atoms with van der Waals surface area (Å²) in [5.41, 5.74) is 3.31. The topological polar surface area (TPSA) is 79.9 Å². The van der Waals surface area contributed by atoms with E-state index in [2.05, 4.69) is 10.6 Å². The molecular weight excluding hydrogens is 358 g/mol. The normalized spacial score (nSPS) is 13.6. The minimum Gasteiger partial charge on any atom is -0.487 e. The molecule has 0 aromatic heterocycles. The molecule has 0 bridgehead atoms. The van der Waals surface area contributed by atoms with Crippen LogP contribution in [0.2, 0.25) is 0 Å². The molecule has 2 N–H and O–H groups in total. The van der Waals surface area contributed by atoms with Crippen molar-refractivity contribution in [3.8, 4) is 5.75 Å². The minimum atomic E-state index is -0.248. The van der Waals surface area contributed by atoms with E-state index in [1.807, 2.05) is 44.2 Å². The number of rotatable bonds is 6. The van der Waals surface area contributed by atoms with Gasteiger partial charge in [0.25, 0.3) is 0 Å². The van der Waals surface area contributed by atoms with Crippen LogP contribution in [-0.4, -0.2) is 49.7 Å². The van der Waals surface area contributed by atoms with E-state index in [0.717, 1.165) is 16.9 Å². The summed E-state index contributed by atoms with van der Waals surface area (Å²) in [6.07, 6.45) is -0.00619. The Morgan fingerprint density at radius 1 is 1.11 bits per heavy atom. The highest BCUT2D eigenvalue weighted by molar-refractivity contribution is 5.94. The molecule has 0 unspecified atom stereocenters. The van der Waals surface area contributed by atoms with Crippen molar-refractivity contribution < 1.29 is 19.1 Å². The number of ether oxygens (including phenoxy) is 2. The molecule has 0 saturated carbocycles. The van der Waals surface area contributed by atoms with Crippen molar-refractivity contribution in [2.24, 2.45) is 0 Å². The average molecular weight is 383 g/mol. The Bertz CT molecular complexity index is 862. The molecule has 28 heavy (non-hydrogen) atoms. The quantitative estimate of drug-likeness (QED) is 0.803. The SMILES string of the molecule is COCC(=O)Nc1ccc(C)c(NC(=O)N2CC(Oc3cccc(C)c3)C2)c1. The fourth-order valence-electron chi connectivity index (χ4n) is 2.92. The Morgan fingerprint density at radius 3 is 2.61 bits per heavy atom. The number of likely N-dealkylation sites (tertiary alicyclic amines) is 1. The third-order valence-corrected chi connectivity index (χ3v) is 4.47. The van der Waals surface area contributed by atoms with Gasteiger partial charge in [0, 0.05) is 18.5 Å². The Morgan fingerprint density at radius 2 is 1.89 bits per heavy atom. The Kier molecular flexibility index (Phi) is 6.16. The van der Waals surface area contributed by atoms with Gasteiger partial charge in [0.15, 0.2) is 0 Å². The first-order valence-corrected chi connectivity index (χ1v) is 9.13. The third-order valence-electron chi connectivity index (χ3n) is 4.47. The summed E-state index contributed by atoms with van der Waals surface area (Å²) in [5, 5.41) is 5.63. The predicted octanol–water partition coefficient (Wildman–Crippen LogP) is 3.18. The van der Waals surface area contributed by atoms with Gasteiger partial charge in [0.1, 0.15) is 18.5 Å². The molecule has 2 aromatic rings. The molecule has 1 aliphatic heterocycles. The van der Waals surface area contributed by atoms with Gasteiger partial charge < -0.3 is 25.0 Å². The monoisotopic (exact) mass is 383 g/mol. The number of carbonyl (C=O) groups is 2. The molecular formula is C21H25N3O4. The summed E-state index contributed by atoms with van der Waals surface area (Å²) in [6, 6.07) is 13.1. The molecule has 2 aromatic carbocycles. The van der Waals surface area contributed by atoms with Crippen LogP contribution in [-0.2, 0) is 9.53 Å². The molecule has 1 aliphatic rings. The zero-order chi connectivity index (χ0) is 20.1. The van der Waals surface area contributed by atoms with Crippen LogP contribution in [0.1, 0.15) is 11.1 Å². The lowest BCUT2D eigenvalue weighted by molar-refractivity contribution is -0.119. The largest absolute Gasteiger partial charge is 0.487 e. The van der Waals surface area contributed by atoms with Crippen molar-refractivity contribution in [3.63, 3.8) is 0 Å². The summed E-state index contributed by atoms with van der Waals surface area (Å²) in [5.74, 6) is 0.572. The number of hydrogen-bond donors (Lipinski definition) is 2. The molecule has 0 spiro atoms. The molecule has 1 saturated heterocycles. The number of benzene rings is 2. The van der Waals surface area contributed by atoms with E-state index in [-0.39, 0.29) is 24.6 Å². The number of urea groups is 1. The van der Waals surface area contributed by atoms with Gasteiger partial charge in [-0.05, 0) is 49.2 Å². The summed E-state index contributed by atoms with van der Waals surface area (Å²) in [7, 11) is 1.46. The molecule has 7 nitrogen and oxygen atoms in total. The van der Waals surface area contributed by atoms with Gasteiger partial charge in [-0.1, -0.05) is 18.2 Å². The number of nitrogens with one attached hydrogen (secondary N) is 2. The van der Waals surface area contributed by atoms with Crippen molar-refractivity contribution in [1.82, 2.24) is 4.90 Å². The summed E-state index contributed by atoms with van der Waals surface area (Å²) >= 11 is 0. The molecule has 0 atom stereocenters. The summed E-state index contributed by atoms with van der Waals surface area (Å²) < 4.78 is 10.7. The van der Waals surface area contributed by atoms with Crippen molar-refractivity contribution >= 4 is 23.3 Å². The lowest BCUT2D eigenvalue weighted by atomic mass is 10.1. The smallest absolute Gasteiger partial charge is 0.322 e. The highest BCUT2D eigenvalue weighted by Crippen LogP contribution is 2.23. The zero-order valence-corrected chi connectivity index (χ0v) is 16.3. The molecule has 3 amide bonds. The maximum atomic E-state index is 12.5. The van der Waals surface area contributed by atoms with Crippen LogP contribution >= 0.6 is 0 Å². The number of amides is 3. The first kappa shape index (κ1) is 19.7. The maximum Gasteiger partial charge on any atom is 0.322 e. The minimum absolute atomic E-state index is 0.00619. The second-order valence-electron chi connectivity index (χ2n) is 6.90. The van der Waals surface area contributed by atoms with E-state index >= 15 is 0 Å². The van der Waals surface area contributed by atoms with Crippen LogP contribution < -0.4 is 15.4 Å². The van der Waals surface area contributed by atoms with E-state index in [1.54, 1.807) is 17.0 Å². The fourth-order valence-corrected chi connectivity index (χ4v) is 2.92. The predicted molar refractivity (Wildman–Crippen MR) is 108 cm³/mol. The zero-order valence-electron chi connectivity index (χ0n) is 16.3. The fraction of sp³-hybridized carbons (Fsp3) is 0.333. The lowest BCUT2D eigenvalue weighted by Gasteiger charge is -2.38. The van der Waals surface area contributed by atoms with Crippen LogP contribution in [0.5, 0.6) is 5.75 Å². The van der Waals surface area contributed by atoms with Gasteiger partial charge in [-0.3, -0.25) is 4.79 Å². The van der Waals surface area contributed by atoms with Crippen molar-refractivity contribution in [3.05, 3.63) is 53.6 Å². The number of aryl methyl sites for hydroxylation is 2. The molecule has 0 aliphatic carbocycles. The Hall–Kier alpha value is -3.06. The molecule has 7 heteroatoms. The maximum absolute atomic E-state index is 12.5. The van der Waals surface area contributed by atoms with Crippen molar-refractivity contribution in [1.29, 1.82) is 0 Å². The van der Waals surface area contributed by atoms with Crippen molar-refractivity contribution in [2.45, 2.75) is 20.0 Å². The van der Waals surface area contributed by atoms with Gasteiger partial charge in [0.2, 0.25) is 5.91 Å². The second-order valence-corrected chi connectivity index (χ2v) is 6.90. The first-order chi connectivity index (χ1) is 13.4. The van der Waals surface area contributed by atoms with Crippen LogP contribution in [0.4, 0.5) is 16.2 Å². The van der Waals surface area contributed by atoms with E-state index in [0.29, 0.717) is 24.5 Å². The highest BCUT2D eigenvalue weighted by atomic mass is 16.5. The third kappa shape index (κ3) is 5.01. The molecule has 0 radical (unpaired) electrons. The van der Waals surface area contributed by atoms with Gasteiger partial charge in [0.05, 0.1) is 13.1 Å². The van der Waals surface area contributed by atoms with Crippen LogP contribution in [0.25, 0.3) is 0 Å². The van der Waals surface area contributed by atoms with E-state index in [4.69, 9.17) is 9.47 Å². The highest BCUT2D eigenvalue weighted by Gasteiger charge is 2.32.